The van der Waals surface area contributed by atoms with Gasteiger partial charge in [-0.3, -0.25) is 4.79 Å². The van der Waals surface area contributed by atoms with E-state index in [1.165, 1.54) is 11.8 Å². The second-order valence-electron chi connectivity index (χ2n) is 5.72. The van der Waals surface area contributed by atoms with Crippen LogP contribution in [-0.4, -0.2) is 22.8 Å². The summed E-state index contributed by atoms with van der Waals surface area (Å²) in [6.07, 6.45) is 2.42. The molecule has 0 saturated carbocycles. The van der Waals surface area contributed by atoms with Gasteiger partial charge in [0.1, 0.15) is 15.8 Å². The van der Waals surface area contributed by atoms with Crippen LogP contribution in [0.1, 0.15) is 35.0 Å². The zero-order chi connectivity index (χ0) is 18.7. The number of rotatable bonds is 5. The van der Waals surface area contributed by atoms with E-state index in [0.29, 0.717) is 32.9 Å². The van der Waals surface area contributed by atoms with Gasteiger partial charge in [-0.1, -0.05) is 43.0 Å². The van der Waals surface area contributed by atoms with Crippen molar-refractivity contribution in [1.29, 1.82) is 0 Å². The molecule has 0 spiro atoms. The van der Waals surface area contributed by atoms with Gasteiger partial charge in [-0.25, -0.2) is 4.79 Å². The summed E-state index contributed by atoms with van der Waals surface area (Å²) in [4.78, 5) is 24.4. The van der Waals surface area contributed by atoms with Gasteiger partial charge in [-0.05, 0) is 37.1 Å². The van der Waals surface area contributed by atoms with Crippen molar-refractivity contribution in [3.8, 4) is 11.3 Å². The first kappa shape index (κ1) is 18.4. The molecule has 1 aromatic heterocycles. The number of esters is 1. The standard InChI is InChI=1S/C19H17NO4S2/c1-3-8-23-18(22)14-9-12(5-4-11(14)2)15-7-6-13(24-15)10-16-17(21)20-19(25)26-16/h4-7,9-10H,3,8H2,1-2H3,(H,20,21,25)/b16-10-. The summed E-state index contributed by atoms with van der Waals surface area (Å²) in [5.41, 5.74) is 2.13. The van der Waals surface area contributed by atoms with Crippen molar-refractivity contribution < 1.29 is 18.7 Å². The van der Waals surface area contributed by atoms with Crippen LogP contribution in [0, 0.1) is 6.92 Å². The number of ether oxygens (including phenoxy) is 1. The first-order chi connectivity index (χ1) is 12.5. The normalized spacial score (nSPS) is 15.4. The number of benzene rings is 1. The first-order valence-corrected chi connectivity index (χ1v) is 9.33. The monoisotopic (exact) mass is 387 g/mol. The number of carbonyl (C=O) groups is 2. The van der Waals surface area contributed by atoms with Gasteiger partial charge in [0.15, 0.2) is 0 Å². The Morgan fingerprint density at radius 1 is 1.35 bits per heavy atom. The van der Waals surface area contributed by atoms with Crippen LogP contribution in [0.5, 0.6) is 0 Å². The lowest BCUT2D eigenvalue weighted by Crippen LogP contribution is -2.17. The van der Waals surface area contributed by atoms with Crippen LogP contribution >= 0.6 is 24.0 Å². The highest BCUT2D eigenvalue weighted by Crippen LogP contribution is 2.29. The Labute approximate surface area is 160 Å². The summed E-state index contributed by atoms with van der Waals surface area (Å²) in [5, 5.41) is 2.56. The van der Waals surface area contributed by atoms with E-state index in [2.05, 4.69) is 5.32 Å². The zero-order valence-corrected chi connectivity index (χ0v) is 16.0. The van der Waals surface area contributed by atoms with Crippen LogP contribution in [0.15, 0.2) is 39.7 Å². The maximum absolute atomic E-state index is 12.2. The van der Waals surface area contributed by atoms with Crippen LogP contribution in [0.25, 0.3) is 17.4 Å². The molecule has 1 saturated heterocycles. The summed E-state index contributed by atoms with van der Waals surface area (Å²) in [5.74, 6) is 0.576. The number of hydrogen-bond donors (Lipinski definition) is 1. The molecule has 1 amide bonds. The highest BCUT2D eigenvalue weighted by molar-refractivity contribution is 8.26. The van der Waals surface area contributed by atoms with E-state index in [1.54, 1.807) is 24.3 Å². The van der Waals surface area contributed by atoms with Crippen LogP contribution in [0.2, 0.25) is 0 Å². The molecule has 2 heterocycles. The van der Waals surface area contributed by atoms with Gasteiger partial charge in [0.2, 0.25) is 0 Å². The molecule has 2 aromatic rings. The van der Waals surface area contributed by atoms with E-state index in [0.717, 1.165) is 17.5 Å². The Kier molecular flexibility index (Phi) is 5.58. The molecule has 0 unspecified atom stereocenters. The smallest absolute Gasteiger partial charge is 0.338 e. The van der Waals surface area contributed by atoms with Crippen molar-refractivity contribution in [2.24, 2.45) is 0 Å². The maximum atomic E-state index is 12.2. The topological polar surface area (TPSA) is 68.5 Å². The van der Waals surface area contributed by atoms with Crippen LogP contribution in [0.4, 0.5) is 0 Å². The Hall–Kier alpha value is -2.38. The van der Waals surface area contributed by atoms with Gasteiger partial charge >= 0.3 is 5.97 Å². The van der Waals surface area contributed by atoms with Crippen molar-refractivity contribution in [1.82, 2.24) is 5.32 Å². The summed E-state index contributed by atoms with van der Waals surface area (Å²) in [6, 6.07) is 9.07. The van der Waals surface area contributed by atoms with E-state index in [-0.39, 0.29) is 11.9 Å². The van der Waals surface area contributed by atoms with Gasteiger partial charge in [-0.15, -0.1) is 0 Å². The molecule has 3 rings (SSSR count). The molecule has 1 aromatic carbocycles. The average Bonchev–Trinajstić information content (AvgIpc) is 3.20. The van der Waals surface area contributed by atoms with Crippen LogP contribution in [-0.2, 0) is 9.53 Å². The van der Waals surface area contributed by atoms with Crippen molar-refractivity contribution in [3.05, 3.63) is 52.1 Å². The predicted octanol–water partition coefficient (Wildman–Crippen LogP) is 4.31. The first-order valence-electron chi connectivity index (χ1n) is 8.10. The third-order valence-corrected chi connectivity index (χ3v) is 4.88. The molecule has 1 aliphatic heterocycles. The highest BCUT2D eigenvalue weighted by atomic mass is 32.2. The minimum Gasteiger partial charge on any atom is -0.462 e. The number of hydrogen-bond acceptors (Lipinski definition) is 6. The SMILES string of the molecule is CCCOC(=O)c1cc(-c2ccc(/C=C3\SC(=S)NC3=O)o2)ccc1C. The third-order valence-electron chi connectivity index (χ3n) is 3.72. The summed E-state index contributed by atoms with van der Waals surface area (Å²) in [6.45, 7) is 4.21. The second kappa shape index (κ2) is 7.88. The fraction of sp³-hybridized carbons (Fsp3) is 0.211. The third kappa shape index (κ3) is 4.05. The lowest BCUT2D eigenvalue weighted by atomic mass is 10.0. The highest BCUT2D eigenvalue weighted by Gasteiger charge is 2.22. The number of furan rings is 1. The van der Waals surface area contributed by atoms with Gasteiger partial charge < -0.3 is 14.5 Å². The van der Waals surface area contributed by atoms with Gasteiger partial charge in [0.05, 0.1) is 17.1 Å². The quantitative estimate of drug-likeness (QED) is 0.468. The van der Waals surface area contributed by atoms with E-state index in [9.17, 15) is 9.59 Å². The Morgan fingerprint density at radius 3 is 2.85 bits per heavy atom. The maximum Gasteiger partial charge on any atom is 0.338 e. The number of aryl methyl sites for hydroxylation is 1. The molecule has 0 atom stereocenters. The number of amides is 1. The number of carbonyl (C=O) groups excluding carboxylic acids is 2. The molecule has 26 heavy (non-hydrogen) atoms. The molecular weight excluding hydrogens is 370 g/mol. The van der Waals surface area contributed by atoms with Crippen molar-refractivity contribution in [2.75, 3.05) is 6.61 Å². The van der Waals surface area contributed by atoms with E-state index in [1.807, 2.05) is 26.0 Å². The molecule has 1 fully saturated rings. The Bertz CT molecular complexity index is 914. The molecule has 1 N–H and O–H groups in total. The van der Waals surface area contributed by atoms with Gasteiger partial charge in [0.25, 0.3) is 5.91 Å². The lowest BCUT2D eigenvalue weighted by Gasteiger charge is -2.07. The predicted molar refractivity (Wildman–Crippen MR) is 106 cm³/mol. The Balaban J connectivity index is 1.85. The molecule has 134 valence electrons. The second-order valence-corrected chi connectivity index (χ2v) is 7.44. The van der Waals surface area contributed by atoms with Crippen LogP contribution < -0.4 is 5.32 Å². The summed E-state index contributed by atoms with van der Waals surface area (Å²) >= 11 is 6.17. The minimum absolute atomic E-state index is 0.228. The van der Waals surface area contributed by atoms with Crippen LogP contribution in [0.3, 0.4) is 0 Å². The number of nitrogens with one attached hydrogen (secondary N) is 1. The van der Waals surface area contributed by atoms with E-state index in [4.69, 9.17) is 21.4 Å². The van der Waals surface area contributed by atoms with Crippen molar-refractivity contribution in [2.45, 2.75) is 20.3 Å². The average molecular weight is 387 g/mol. The molecule has 5 nitrogen and oxygen atoms in total. The van der Waals surface area contributed by atoms with Gasteiger partial charge in [0, 0.05) is 11.6 Å². The largest absolute Gasteiger partial charge is 0.462 e. The molecule has 7 heteroatoms. The van der Waals surface area contributed by atoms with Crippen molar-refractivity contribution >= 4 is 46.3 Å². The molecule has 0 bridgehead atoms. The lowest BCUT2D eigenvalue weighted by molar-refractivity contribution is -0.115. The minimum atomic E-state index is -0.340. The molecule has 0 radical (unpaired) electrons. The van der Waals surface area contributed by atoms with E-state index >= 15 is 0 Å². The molecular formula is C19H17NO4S2. The number of thiocarbonyl (C=S) groups is 1. The fourth-order valence-corrected chi connectivity index (χ4v) is 3.43. The summed E-state index contributed by atoms with van der Waals surface area (Å²) in [7, 11) is 0. The zero-order valence-electron chi connectivity index (χ0n) is 14.3. The molecule has 1 aliphatic rings. The van der Waals surface area contributed by atoms with Gasteiger partial charge in [-0.2, -0.15) is 0 Å². The molecule has 0 aliphatic carbocycles. The van der Waals surface area contributed by atoms with Crippen molar-refractivity contribution in [3.63, 3.8) is 0 Å². The number of thioether (sulfide) groups is 1. The Morgan fingerprint density at radius 2 is 2.15 bits per heavy atom. The fourth-order valence-electron chi connectivity index (χ4n) is 2.40. The summed E-state index contributed by atoms with van der Waals surface area (Å²) < 4.78 is 11.5. The van der Waals surface area contributed by atoms with E-state index < -0.39 is 0 Å².